The first kappa shape index (κ1) is 58.0. The number of hydrogen-bond donors (Lipinski definition) is 0. The van der Waals surface area contributed by atoms with Crippen LogP contribution in [0.5, 0.6) is 0 Å². The molecule has 0 aliphatic rings. The SMILES string of the molecule is [C-]#[N+]c1cccc(-c2ccc(-c3nc(-c4ccc(-n5c6ccc(-c7ccccc7)cc6c6cc(-c7ccccc7)ccc65)cc4-c4cccc(C#N)c4)nc(-c4ccc(-n5c6ccc(-c7ccccc7)cc6c6cc(-c7ccccc7)ccc65)cc4-c4cccc([N+]#[C-])c4)n3)cc2)c1. The highest BCUT2D eigenvalue weighted by atomic mass is 15.0. The van der Waals surface area contributed by atoms with E-state index in [4.69, 9.17) is 28.1 Å². The van der Waals surface area contributed by atoms with E-state index in [1.807, 2.05) is 121 Å². The van der Waals surface area contributed by atoms with Crippen molar-refractivity contribution in [1.82, 2.24) is 24.1 Å². The summed E-state index contributed by atoms with van der Waals surface area (Å²) < 4.78 is 4.67. The Morgan fingerprint density at radius 1 is 0.255 bits per heavy atom. The molecule has 14 aromatic carbocycles. The molecule has 3 aromatic heterocycles. The van der Waals surface area contributed by atoms with Gasteiger partial charge in [-0.2, -0.15) is 5.26 Å². The Morgan fingerprint density at radius 2 is 0.571 bits per heavy atom. The molecule has 0 aliphatic carbocycles. The zero-order valence-corrected chi connectivity index (χ0v) is 52.8. The van der Waals surface area contributed by atoms with Gasteiger partial charge in [-0.1, -0.05) is 218 Å². The molecule has 0 atom stereocenters. The third-order valence-electron chi connectivity index (χ3n) is 18.6. The summed E-state index contributed by atoms with van der Waals surface area (Å²) in [5, 5.41) is 15.0. The fraction of sp³-hybridized carbons (Fsp3) is 0. The number of rotatable bonds is 12. The van der Waals surface area contributed by atoms with Gasteiger partial charge in [0.1, 0.15) is 0 Å². The van der Waals surface area contributed by atoms with Crippen LogP contribution in [0.3, 0.4) is 0 Å². The van der Waals surface area contributed by atoms with Crippen LogP contribution in [0.25, 0.3) is 177 Å². The van der Waals surface area contributed by atoms with Crippen LogP contribution in [0.2, 0.25) is 0 Å². The fourth-order valence-electron chi connectivity index (χ4n) is 13.9. The zero-order valence-electron chi connectivity index (χ0n) is 52.8. The van der Waals surface area contributed by atoms with E-state index >= 15 is 0 Å². The van der Waals surface area contributed by atoms with Crippen LogP contribution >= 0.6 is 0 Å². The van der Waals surface area contributed by atoms with Gasteiger partial charge in [0.2, 0.25) is 0 Å². The van der Waals surface area contributed by atoms with Gasteiger partial charge in [0.25, 0.3) is 0 Å². The van der Waals surface area contributed by atoms with Crippen LogP contribution in [0.15, 0.2) is 328 Å². The minimum absolute atomic E-state index is 0.417. The molecular weight excluding hydrogens is 1190 g/mol. The summed E-state index contributed by atoms with van der Waals surface area (Å²) in [7, 11) is 0. The van der Waals surface area contributed by atoms with Crippen LogP contribution in [0.1, 0.15) is 5.56 Å². The van der Waals surface area contributed by atoms with E-state index in [0.717, 1.165) is 150 Å². The number of hydrogen-bond acceptors (Lipinski definition) is 4. The van der Waals surface area contributed by atoms with E-state index in [2.05, 4.69) is 231 Å². The average Bonchev–Trinajstić information content (AvgIpc) is 1.58. The van der Waals surface area contributed by atoms with Crippen LogP contribution in [0, 0.1) is 24.5 Å². The lowest BCUT2D eigenvalue weighted by atomic mass is 9.96. The first-order valence-corrected chi connectivity index (χ1v) is 32.4. The largest absolute Gasteiger partial charge is 0.309 e. The second-order valence-electron chi connectivity index (χ2n) is 24.4. The van der Waals surface area contributed by atoms with Crippen molar-refractivity contribution in [3.63, 3.8) is 0 Å². The van der Waals surface area contributed by atoms with Gasteiger partial charge in [-0.05, 0) is 187 Å². The molecular formula is C90H54N8. The first-order chi connectivity index (χ1) is 48.4. The van der Waals surface area contributed by atoms with Crippen molar-refractivity contribution in [2.45, 2.75) is 0 Å². The summed E-state index contributed by atoms with van der Waals surface area (Å²) in [5.41, 5.74) is 23.9. The predicted molar refractivity (Wildman–Crippen MR) is 400 cm³/mol. The smallest absolute Gasteiger partial charge is 0.187 e. The lowest BCUT2D eigenvalue weighted by Crippen LogP contribution is -2.03. The van der Waals surface area contributed by atoms with Crippen molar-refractivity contribution >= 4 is 55.0 Å². The molecule has 0 bridgehead atoms. The van der Waals surface area contributed by atoms with Crippen molar-refractivity contribution < 1.29 is 0 Å². The molecule has 0 fully saturated rings. The molecule has 0 N–H and O–H groups in total. The van der Waals surface area contributed by atoms with Crippen molar-refractivity contribution in [3.8, 4) is 129 Å². The number of fused-ring (bicyclic) bond motifs is 6. The lowest BCUT2D eigenvalue weighted by Gasteiger charge is -2.17. The quantitative estimate of drug-likeness (QED) is 0.114. The molecule has 0 unspecified atom stereocenters. The van der Waals surface area contributed by atoms with E-state index in [1.165, 1.54) is 0 Å². The highest BCUT2D eigenvalue weighted by Crippen LogP contribution is 2.44. The molecule has 98 heavy (non-hydrogen) atoms. The third-order valence-corrected chi connectivity index (χ3v) is 18.6. The monoisotopic (exact) mass is 1250 g/mol. The summed E-state index contributed by atoms with van der Waals surface area (Å²) in [6, 6.07) is 115. The van der Waals surface area contributed by atoms with E-state index in [-0.39, 0.29) is 0 Å². The Hall–Kier alpha value is -13.8. The van der Waals surface area contributed by atoms with Crippen molar-refractivity contribution in [3.05, 3.63) is 356 Å². The summed E-state index contributed by atoms with van der Waals surface area (Å²) in [6.07, 6.45) is 0. The van der Waals surface area contributed by atoms with E-state index in [9.17, 15) is 5.26 Å². The second kappa shape index (κ2) is 24.6. The highest BCUT2D eigenvalue weighted by Gasteiger charge is 2.24. The van der Waals surface area contributed by atoms with Crippen molar-refractivity contribution in [1.29, 1.82) is 5.26 Å². The van der Waals surface area contributed by atoms with Crippen molar-refractivity contribution in [2.24, 2.45) is 0 Å². The fourth-order valence-corrected chi connectivity index (χ4v) is 13.9. The van der Waals surface area contributed by atoms with E-state index in [1.54, 1.807) is 0 Å². The molecule has 3 heterocycles. The maximum atomic E-state index is 10.5. The van der Waals surface area contributed by atoms with E-state index < -0.39 is 0 Å². The maximum absolute atomic E-state index is 10.5. The Balaban J connectivity index is 0.890. The standard InChI is InChI=1S/C90H54N8/c1-92-72-30-16-27-65(49-72)63-32-34-64(35-33-63)88-94-89(76-42-40-74(55-78(76)70-28-15-18-58(48-70)57-91)97-84-44-36-66(59-19-7-3-8-20-59)51-80(84)81-52-67(37-45-85(81)97)60-21-9-4-10-22-60)96-90(95-88)77-43-41-75(56-79(77)71-29-17-31-73(50-71)93-2)98-86-46-38-68(61-23-11-5-12-24-61)53-82(86)83-54-69(39-47-87(83)98)62-25-13-6-14-26-62/h3-56H. The van der Waals surface area contributed by atoms with Gasteiger partial charge in [0.15, 0.2) is 28.8 Å². The molecule has 0 radical (unpaired) electrons. The molecule has 17 rings (SSSR count). The maximum Gasteiger partial charge on any atom is 0.187 e. The van der Waals surface area contributed by atoms with Crippen LogP contribution in [0.4, 0.5) is 11.4 Å². The van der Waals surface area contributed by atoms with Gasteiger partial charge < -0.3 is 9.13 Å². The molecule has 0 saturated carbocycles. The number of aromatic nitrogens is 5. The Bertz CT molecular complexity index is 5610. The predicted octanol–water partition coefficient (Wildman–Crippen LogP) is 23.7. The number of nitriles is 1. The van der Waals surface area contributed by atoms with Gasteiger partial charge in [0, 0.05) is 49.6 Å². The highest BCUT2D eigenvalue weighted by molar-refractivity contribution is 6.13. The van der Waals surface area contributed by atoms with Gasteiger partial charge in [-0.15, -0.1) is 0 Å². The molecule has 8 nitrogen and oxygen atoms in total. The zero-order chi connectivity index (χ0) is 65.6. The topological polar surface area (TPSA) is 81.0 Å². The van der Waals surface area contributed by atoms with Gasteiger partial charge >= 0.3 is 0 Å². The second-order valence-corrected chi connectivity index (χ2v) is 24.4. The third kappa shape index (κ3) is 10.6. The van der Waals surface area contributed by atoms with Crippen molar-refractivity contribution in [2.75, 3.05) is 0 Å². The van der Waals surface area contributed by atoms with Crippen LogP contribution in [-0.4, -0.2) is 24.1 Å². The molecule has 0 saturated heterocycles. The average molecular weight is 1250 g/mol. The Morgan fingerprint density at radius 3 is 0.969 bits per heavy atom. The van der Waals surface area contributed by atoms with Gasteiger partial charge in [-0.25, -0.2) is 24.6 Å². The Kier molecular flexibility index (Phi) is 14.5. The number of benzene rings is 14. The number of nitrogens with zero attached hydrogens (tertiary/aromatic N) is 8. The lowest BCUT2D eigenvalue weighted by molar-refractivity contribution is 1.07. The normalized spacial score (nSPS) is 11.2. The molecule has 0 spiro atoms. The first-order valence-electron chi connectivity index (χ1n) is 32.4. The molecule has 17 aromatic rings. The minimum atomic E-state index is 0.417. The summed E-state index contributed by atoms with van der Waals surface area (Å²) in [6.45, 7) is 16.0. The van der Waals surface area contributed by atoms with E-state index in [0.29, 0.717) is 34.4 Å². The molecule has 0 aliphatic heterocycles. The summed E-state index contributed by atoms with van der Waals surface area (Å²) in [5.74, 6) is 1.28. The summed E-state index contributed by atoms with van der Waals surface area (Å²) >= 11 is 0. The Labute approximate surface area is 566 Å². The molecule has 0 amide bonds. The minimum Gasteiger partial charge on any atom is -0.309 e. The van der Waals surface area contributed by atoms with Crippen LogP contribution < -0.4 is 0 Å². The van der Waals surface area contributed by atoms with Crippen LogP contribution in [-0.2, 0) is 0 Å². The molecule has 454 valence electrons. The van der Waals surface area contributed by atoms with Gasteiger partial charge in [0.05, 0.1) is 46.8 Å². The summed E-state index contributed by atoms with van der Waals surface area (Å²) in [4.78, 5) is 24.2. The molecule has 8 heteroatoms. The van der Waals surface area contributed by atoms with Gasteiger partial charge in [-0.3, -0.25) is 0 Å².